The van der Waals surface area contributed by atoms with Gasteiger partial charge in [0.05, 0.1) is 8.66 Å². The predicted octanol–water partition coefficient (Wildman–Crippen LogP) is 4.40. The summed E-state index contributed by atoms with van der Waals surface area (Å²) in [6.45, 7) is 2.95. The standard InChI is InChI=1S/C14H20Br2N2OS/c1-2-7-18(10-5-3-9(17)4-6-10)14(19)12-8-11(15)13(16)20-12/h8-10H,2-7,17H2,1H3. The summed E-state index contributed by atoms with van der Waals surface area (Å²) in [6.07, 6.45) is 5.09. The Labute approximate surface area is 141 Å². The lowest BCUT2D eigenvalue weighted by Crippen LogP contribution is -2.44. The highest BCUT2D eigenvalue weighted by molar-refractivity contribution is 9.13. The molecule has 1 saturated carbocycles. The van der Waals surface area contributed by atoms with Crippen molar-refractivity contribution in [3.05, 3.63) is 19.2 Å². The van der Waals surface area contributed by atoms with E-state index in [4.69, 9.17) is 5.73 Å². The van der Waals surface area contributed by atoms with E-state index in [-0.39, 0.29) is 5.91 Å². The van der Waals surface area contributed by atoms with Gasteiger partial charge in [-0.2, -0.15) is 0 Å². The highest BCUT2D eigenvalue weighted by Gasteiger charge is 2.28. The predicted molar refractivity (Wildman–Crippen MR) is 91.3 cm³/mol. The van der Waals surface area contributed by atoms with Crippen LogP contribution < -0.4 is 5.73 Å². The van der Waals surface area contributed by atoms with Crippen LogP contribution in [0.4, 0.5) is 0 Å². The van der Waals surface area contributed by atoms with E-state index in [1.54, 1.807) is 0 Å². The van der Waals surface area contributed by atoms with Crippen molar-refractivity contribution in [2.24, 2.45) is 5.73 Å². The molecule has 0 spiro atoms. The minimum Gasteiger partial charge on any atom is -0.335 e. The molecule has 20 heavy (non-hydrogen) atoms. The molecule has 2 rings (SSSR count). The first-order chi connectivity index (χ1) is 9.52. The van der Waals surface area contributed by atoms with Crippen molar-refractivity contribution in [2.45, 2.75) is 51.1 Å². The van der Waals surface area contributed by atoms with Gasteiger partial charge < -0.3 is 10.6 Å². The van der Waals surface area contributed by atoms with Gasteiger partial charge in [-0.15, -0.1) is 11.3 Å². The van der Waals surface area contributed by atoms with E-state index in [1.807, 2.05) is 6.07 Å². The highest BCUT2D eigenvalue weighted by atomic mass is 79.9. The molecule has 0 radical (unpaired) electrons. The number of carbonyl (C=O) groups excluding carboxylic acids is 1. The largest absolute Gasteiger partial charge is 0.335 e. The number of amides is 1. The lowest BCUT2D eigenvalue weighted by atomic mass is 9.90. The second-order valence-electron chi connectivity index (χ2n) is 5.30. The van der Waals surface area contributed by atoms with Crippen LogP contribution in [0.2, 0.25) is 0 Å². The number of rotatable bonds is 4. The average Bonchev–Trinajstić information content (AvgIpc) is 2.77. The molecule has 0 aliphatic heterocycles. The first-order valence-electron chi connectivity index (χ1n) is 7.04. The van der Waals surface area contributed by atoms with Crippen molar-refractivity contribution in [3.8, 4) is 0 Å². The second-order valence-corrected chi connectivity index (χ2v) is 8.52. The van der Waals surface area contributed by atoms with Crippen LogP contribution in [0.25, 0.3) is 0 Å². The second kappa shape index (κ2) is 7.38. The number of nitrogens with two attached hydrogens (primary N) is 1. The van der Waals surface area contributed by atoms with Crippen LogP contribution in [0.3, 0.4) is 0 Å². The zero-order valence-electron chi connectivity index (χ0n) is 11.6. The summed E-state index contributed by atoms with van der Waals surface area (Å²) in [5.41, 5.74) is 5.97. The normalized spacial score (nSPS) is 22.8. The van der Waals surface area contributed by atoms with Crippen molar-refractivity contribution in [1.29, 1.82) is 0 Å². The lowest BCUT2D eigenvalue weighted by Gasteiger charge is -2.35. The van der Waals surface area contributed by atoms with Crippen LogP contribution in [0.5, 0.6) is 0 Å². The number of nitrogens with zero attached hydrogens (tertiary/aromatic N) is 1. The van der Waals surface area contributed by atoms with Crippen molar-refractivity contribution in [2.75, 3.05) is 6.54 Å². The molecule has 6 heteroatoms. The Morgan fingerprint density at radius 3 is 2.55 bits per heavy atom. The van der Waals surface area contributed by atoms with Gasteiger partial charge in [-0.25, -0.2) is 0 Å². The molecule has 1 aromatic heterocycles. The Morgan fingerprint density at radius 1 is 1.40 bits per heavy atom. The van der Waals surface area contributed by atoms with Gasteiger partial charge >= 0.3 is 0 Å². The monoisotopic (exact) mass is 422 g/mol. The molecular weight excluding hydrogens is 404 g/mol. The molecule has 0 saturated heterocycles. The van der Waals surface area contributed by atoms with Gasteiger partial charge in [-0.1, -0.05) is 6.92 Å². The summed E-state index contributed by atoms with van der Waals surface area (Å²) in [7, 11) is 0. The Morgan fingerprint density at radius 2 is 2.05 bits per heavy atom. The Balaban J connectivity index is 2.13. The minimum absolute atomic E-state index is 0.156. The fraction of sp³-hybridized carbons (Fsp3) is 0.643. The van der Waals surface area contributed by atoms with Crippen molar-refractivity contribution in [3.63, 3.8) is 0 Å². The Bertz CT molecular complexity index is 450. The number of halogens is 2. The highest BCUT2D eigenvalue weighted by Crippen LogP contribution is 2.34. The van der Waals surface area contributed by atoms with E-state index >= 15 is 0 Å². The average molecular weight is 424 g/mol. The molecule has 0 aromatic carbocycles. The first-order valence-corrected chi connectivity index (χ1v) is 9.44. The number of hydrogen-bond donors (Lipinski definition) is 1. The van der Waals surface area contributed by atoms with Crippen LogP contribution in [0.15, 0.2) is 14.3 Å². The molecule has 0 unspecified atom stereocenters. The maximum absolute atomic E-state index is 12.7. The first kappa shape index (κ1) is 16.5. The van der Waals surface area contributed by atoms with Gasteiger partial charge in [0.2, 0.25) is 0 Å². The van der Waals surface area contributed by atoms with E-state index in [9.17, 15) is 4.79 Å². The summed E-state index contributed by atoms with van der Waals surface area (Å²) in [5, 5.41) is 0. The van der Waals surface area contributed by atoms with Crippen molar-refractivity contribution in [1.82, 2.24) is 4.90 Å². The number of hydrogen-bond acceptors (Lipinski definition) is 3. The molecule has 112 valence electrons. The molecule has 1 heterocycles. The fourth-order valence-corrected chi connectivity index (χ4v) is 4.69. The molecule has 0 bridgehead atoms. The lowest BCUT2D eigenvalue weighted by molar-refractivity contribution is 0.0631. The smallest absolute Gasteiger partial charge is 0.264 e. The summed E-state index contributed by atoms with van der Waals surface area (Å²) >= 11 is 8.41. The Hall–Kier alpha value is 0.0900. The van der Waals surface area contributed by atoms with E-state index in [1.165, 1.54) is 11.3 Å². The third-order valence-corrected chi connectivity index (χ3v) is 7.01. The fourth-order valence-electron chi connectivity index (χ4n) is 2.70. The van der Waals surface area contributed by atoms with Gasteiger partial charge in [-0.05, 0) is 70.0 Å². The van der Waals surface area contributed by atoms with Crippen molar-refractivity contribution >= 4 is 49.1 Å². The molecule has 2 N–H and O–H groups in total. The minimum atomic E-state index is 0.156. The van der Waals surface area contributed by atoms with Crippen LogP contribution >= 0.6 is 43.2 Å². The molecule has 0 atom stereocenters. The maximum atomic E-state index is 12.7. The van der Waals surface area contributed by atoms with Gasteiger partial charge in [0.1, 0.15) is 0 Å². The van der Waals surface area contributed by atoms with Crippen LogP contribution in [0.1, 0.15) is 48.7 Å². The third kappa shape index (κ3) is 3.84. The molecule has 1 fully saturated rings. The van der Waals surface area contributed by atoms with Gasteiger partial charge in [0.15, 0.2) is 0 Å². The van der Waals surface area contributed by atoms with Crippen molar-refractivity contribution < 1.29 is 4.79 Å². The molecular formula is C14H20Br2N2OS. The molecule has 1 aliphatic rings. The zero-order chi connectivity index (χ0) is 14.7. The molecule has 1 aliphatic carbocycles. The van der Waals surface area contributed by atoms with E-state index in [0.717, 1.165) is 51.8 Å². The van der Waals surface area contributed by atoms with Crippen LogP contribution in [-0.2, 0) is 0 Å². The van der Waals surface area contributed by atoms with Gasteiger partial charge in [-0.3, -0.25) is 4.79 Å². The van der Waals surface area contributed by atoms with E-state index in [0.29, 0.717) is 12.1 Å². The van der Waals surface area contributed by atoms with Crippen LogP contribution in [0, 0.1) is 0 Å². The summed E-state index contributed by atoms with van der Waals surface area (Å²) < 4.78 is 1.93. The van der Waals surface area contributed by atoms with Gasteiger partial charge in [0.25, 0.3) is 5.91 Å². The third-order valence-electron chi connectivity index (χ3n) is 3.76. The van der Waals surface area contributed by atoms with Crippen LogP contribution in [-0.4, -0.2) is 29.4 Å². The molecule has 3 nitrogen and oxygen atoms in total. The summed E-state index contributed by atoms with van der Waals surface area (Å²) in [4.78, 5) is 15.6. The summed E-state index contributed by atoms with van der Waals surface area (Å²) in [5.74, 6) is 0.156. The number of carbonyl (C=O) groups is 1. The van der Waals surface area contributed by atoms with Gasteiger partial charge in [0, 0.05) is 23.1 Å². The van der Waals surface area contributed by atoms with E-state index < -0.39 is 0 Å². The van der Waals surface area contributed by atoms with E-state index in [2.05, 4.69) is 43.7 Å². The quantitative estimate of drug-likeness (QED) is 0.780. The SMILES string of the molecule is CCCN(C(=O)c1cc(Br)c(Br)s1)C1CCC(N)CC1. The summed E-state index contributed by atoms with van der Waals surface area (Å²) in [6, 6.07) is 2.57. The molecule has 1 amide bonds. The Kier molecular flexibility index (Phi) is 6.08. The maximum Gasteiger partial charge on any atom is 0.264 e. The topological polar surface area (TPSA) is 46.3 Å². The number of thiophene rings is 1. The molecule has 1 aromatic rings. The zero-order valence-corrected chi connectivity index (χ0v) is 15.6.